The molecule has 1 aromatic heterocycles. The molecule has 4 heteroatoms. The van der Waals surface area contributed by atoms with Gasteiger partial charge in [0, 0.05) is 30.7 Å². The average molecular weight is 193 g/mol. The Labute approximate surface area is 81.3 Å². The molecule has 0 fully saturated rings. The molecule has 1 N–H and O–H groups in total. The summed E-state index contributed by atoms with van der Waals surface area (Å²) in [6.07, 6.45) is 3.14. The Morgan fingerprint density at radius 3 is 2.21 bits per heavy atom. The van der Waals surface area contributed by atoms with Crippen molar-refractivity contribution < 1.29 is 14.4 Å². The smallest absolute Gasteiger partial charge is 0.125 e. The molecule has 1 rings (SSSR count). The molecule has 0 spiro atoms. The van der Waals surface area contributed by atoms with Crippen molar-refractivity contribution in [1.29, 1.82) is 0 Å². The first-order valence-corrected chi connectivity index (χ1v) is 4.32. The Bertz CT molecular complexity index is 314. The summed E-state index contributed by atoms with van der Waals surface area (Å²) in [5, 5.41) is 0. The van der Waals surface area contributed by atoms with Crippen molar-refractivity contribution in [3.05, 3.63) is 23.0 Å². The number of aldehydes is 3. The second-order valence-corrected chi connectivity index (χ2v) is 2.91. The molecule has 1 heterocycles. The van der Waals surface area contributed by atoms with Gasteiger partial charge in [0.25, 0.3) is 0 Å². The van der Waals surface area contributed by atoms with Crippen LogP contribution < -0.4 is 0 Å². The van der Waals surface area contributed by atoms with Crippen LogP contribution in [-0.4, -0.2) is 23.8 Å². The maximum atomic E-state index is 10.3. The van der Waals surface area contributed by atoms with Gasteiger partial charge in [-0.25, -0.2) is 0 Å². The van der Waals surface area contributed by atoms with E-state index in [2.05, 4.69) is 4.98 Å². The Kier molecular flexibility index (Phi) is 3.79. The number of aromatic nitrogens is 1. The molecule has 0 radical (unpaired) electrons. The van der Waals surface area contributed by atoms with E-state index in [-0.39, 0.29) is 19.3 Å². The van der Waals surface area contributed by atoms with E-state index in [1.165, 1.54) is 0 Å². The van der Waals surface area contributed by atoms with Crippen molar-refractivity contribution in [3.63, 3.8) is 0 Å². The Balaban J connectivity index is 2.91. The lowest BCUT2D eigenvalue weighted by molar-refractivity contribution is -0.108. The van der Waals surface area contributed by atoms with E-state index in [9.17, 15) is 14.4 Å². The van der Waals surface area contributed by atoms with Crippen molar-refractivity contribution in [2.75, 3.05) is 0 Å². The fraction of sp³-hybridized carbons (Fsp3) is 0.300. The van der Waals surface area contributed by atoms with Crippen LogP contribution in [0, 0.1) is 0 Å². The summed E-state index contributed by atoms with van der Waals surface area (Å²) in [6, 6.07) is 1.75. The maximum Gasteiger partial charge on any atom is 0.125 e. The summed E-state index contributed by atoms with van der Waals surface area (Å²) < 4.78 is 0. The van der Waals surface area contributed by atoms with Crippen molar-refractivity contribution in [3.8, 4) is 0 Å². The van der Waals surface area contributed by atoms with E-state index < -0.39 is 0 Å². The van der Waals surface area contributed by atoms with E-state index in [4.69, 9.17) is 0 Å². The molecule has 0 atom stereocenters. The number of H-pyrrole nitrogens is 1. The van der Waals surface area contributed by atoms with Gasteiger partial charge >= 0.3 is 0 Å². The number of carbonyl (C=O) groups is 3. The normalized spacial score (nSPS) is 9.71. The van der Waals surface area contributed by atoms with Crippen LogP contribution in [0.25, 0.3) is 0 Å². The van der Waals surface area contributed by atoms with Gasteiger partial charge < -0.3 is 19.4 Å². The highest BCUT2D eigenvalue weighted by Crippen LogP contribution is 2.11. The lowest BCUT2D eigenvalue weighted by Crippen LogP contribution is -1.93. The Morgan fingerprint density at radius 1 is 1.00 bits per heavy atom. The number of hydrogen-bond donors (Lipinski definition) is 1. The first-order valence-electron chi connectivity index (χ1n) is 4.32. The zero-order chi connectivity index (χ0) is 10.4. The van der Waals surface area contributed by atoms with Gasteiger partial charge in [-0.3, -0.25) is 0 Å². The summed E-state index contributed by atoms with van der Waals surface area (Å²) in [5.74, 6) is 0. The van der Waals surface area contributed by atoms with Crippen LogP contribution in [0.5, 0.6) is 0 Å². The highest BCUT2D eigenvalue weighted by atomic mass is 16.1. The standard InChI is InChI=1S/C10H11NO3/c12-4-1-8-7-9(2-5-13)11-10(8)3-6-14/h4-7,11H,1-3H2. The van der Waals surface area contributed by atoms with Gasteiger partial charge in [-0.15, -0.1) is 0 Å². The van der Waals surface area contributed by atoms with Crippen molar-refractivity contribution in [2.24, 2.45) is 0 Å². The summed E-state index contributed by atoms with van der Waals surface area (Å²) in [7, 11) is 0. The zero-order valence-corrected chi connectivity index (χ0v) is 7.66. The van der Waals surface area contributed by atoms with Crippen LogP contribution >= 0.6 is 0 Å². The number of hydrogen-bond acceptors (Lipinski definition) is 3. The third kappa shape index (κ3) is 2.39. The molecule has 4 nitrogen and oxygen atoms in total. The summed E-state index contributed by atoms with van der Waals surface area (Å²) in [6.45, 7) is 0. The maximum absolute atomic E-state index is 10.3. The quantitative estimate of drug-likeness (QED) is 0.658. The van der Waals surface area contributed by atoms with Crippen molar-refractivity contribution in [2.45, 2.75) is 19.3 Å². The minimum Gasteiger partial charge on any atom is -0.361 e. The molecule has 1 aromatic rings. The molecule has 0 bridgehead atoms. The second-order valence-electron chi connectivity index (χ2n) is 2.91. The summed E-state index contributed by atoms with van der Waals surface area (Å²) >= 11 is 0. The second kappa shape index (κ2) is 5.11. The van der Waals surface area contributed by atoms with Gasteiger partial charge in [-0.2, -0.15) is 0 Å². The van der Waals surface area contributed by atoms with Crippen LogP contribution in [0.3, 0.4) is 0 Å². The lowest BCUT2D eigenvalue weighted by Gasteiger charge is -1.93. The summed E-state index contributed by atoms with van der Waals surface area (Å²) in [4.78, 5) is 33.8. The average Bonchev–Trinajstić information content (AvgIpc) is 2.50. The van der Waals surface area contributed by atoms with E-state index in [1.54, 1.807) is 6.07 Å². The molecule has 0 aromatic carbocycles. The van der Waals surface area contributed by atoms with Crippen LogP contribution in [0.15, 0.2) is 6.07 Å². The Hall–Kier alpha value is -1.71. The zero-order valence-electron chi connectivity index (χ0n) is 7.66. The molecule has 0 aliphatic rings. The third-order valence-corrected chi connectivity index (χ3v) is 1.94. The van der Waals surface area contributed by atoms with E-state index in [0.29, 0.717) is 0 Å². The first-order chi connectivity index (χ1) is 6.81. The Morgan fingerprint density at radius 2 is 1.64 bits per heavy atom. The minimum atomic E-state index is 0.252. The molecule has 0 aliphatic carbocycles. The minimum absolute atomic E-state index is 0.252. The molecule has 0 saturated heterocycles. The van der Waals surface area contributed by atoms with Gasteiger partial charge in [0.15, 0.2) is 0 Å². The van der Waals surface area contributed by atoms with Gasteiger partial charge in [-0.1, -0.05) is 0 Å². The molecular weight excluding hydrogens is 182 g/mol. The lowest BCUT2D eigenvalue weighted by atomic mass is 10.1. The molecule has 74 valence electrons. The molecule has 0 aliphatic heterocycles. The first kappa shape index (κ1) is 10.4. The van der Waals surface area contributed by atoms with E-state index >= 15 is 0 Å². The van der Waals surface area contributed by atoms with E-state index in [0.717, 1.165) is 35.8 Å². The fourth-order valence-corrected chi connectivity index (χ4v) is 1.34. The van der Waals surface area contributed by atoms with E-state index in [1.807, 2.05) is 0 Å². The topological polar surface area (TPSA) is 67.0 Å². The predicted molar refractivity (Wildman–Crippen MR) is 50.1 cm³/mol. The van der Waals surface area contributed by atoms with Gasteiger partial charge in [-0.05, 0) is 11.6 Å². The molecule has 14 heavy (non-hydrogen) atoms. The molecule has 0 unspecified atom stereocenters. The molecule has 0 amide bonds. The van der Waals surface area contributed by atoms with Crippen LogP contribution in [-0.2, 0) is 33.6 Å². The van der Waals surface area contributed by atoms with Gasteiger partial charge in [0.05, 0.1) is 0 Å². The number of rotatable bonds is 6. The SMILES string of the molecule is O=CCc1cc(CC=O)c(CC=O)[nH]1. The summed E-state index contributed by atoms with van der Waals surface area (Å²) in [5.41, 5.74) is 2.27. The third-order valence-electron chi connectivity index (χ3n) is 1.94. The van der Waals surface area contributed by atoms with Crippen molar-refractivity contribution in [1.82, 2.24) is 4.98 Å². The largest absolute Gasteiger partial charge is 0.361 e. The monoisotopic (exact) mass is 193 g/mol. The molecular formula is C10H11NO3. The number of nitrogens with one attached hydrogen (secondary N) is 1. The van der Waals surface area contributed by atoms with Crippen LogP contribution in [0.2, 0.25) is 0 Å². The van der Waals surface area contributed by atoms with Crippen LogP contribution in [0.4, 0.5) is 0 Å². The number of carbonyl (C=O) groups excluding carboxylic acids is 3. The molecule has 0 saturated carbocycles. The fourth-order valence-electron chi connectivity index (χ4n) is 1.34. The van der Waals surface area contributed by atoms with Gasteiger partial charge in [0.2, 0.25) is 0 Å². The predicted octanol–water partition coefficient (Wildman–Crippen LogP) is 0.239. The number of aromatic amines is 1. The highest BCUT2D eigenvalue weighted by molar-refractivity contribution is 5.61. The van der Waals surface area contributed by atoms with Gasteiger partial charge in [0.1, 0.15) is 18.9 Å². The van der Waals surface area contributed by atoms with Crippen molar-refractivity contribution >= 4 is 18.9 Å². The van der Waals surface area contributed by atoms with Crippen LogP contribution in [0.1, 0.15) is 17.0 Å². The highest BCUT2D eigenvalue weighted by Gasteiger charge is 2.06.